The molecule has 0 saturated heterocycles. The SMILES string of the molecule is Fc1ccc(-c2cc(Cl)c(-c3ccc(F)cc3)[se]2)cc1. The summed E-state index contributed by atoms with van der Waals surface area (Å²) in [5.74, 6) is -0.514. The van der Waals surface area contributed by atoms with Gasteiger partial charge in [-0.2, -0.15) is 0 Å². The van der Waals surface area contributed by atoms with Crippen LogP contribution >= 0.6 is 11.6 Å². The number of hydrogen-bond acceptors (Lipinski definition) is 0. The molecule has 0 aliphatic carbocycles. The van der Waals surface area contributed by atoms with Crippen LogP contribution in [0.15, 0.2) is 54.6 Å². The Balaban J connectivity index is 2.02. The second-order valence-corrected chi connectivity index (χ2v) is 6.92. The van der Waals surface area contributed by atoms with E-state index in [9.17, 15) is 8.78 Å². The maximum absolute atomic E-state index is 13.0. The Bertz CT molecular complexity index is 730. The normalized spacial score (nSPS) is 10.8. The fourth-order valence-corrected chi connectivity index (χ4v) is 4.71. The minimum atomic E-state index is -0.261. The molecule has 100 valence electrons. The van der Waals surface area contributed by atoms with E-state index in [0.29, 0.717) is 5.02 Å². The van der Waals surface area contributed by atoms with Gasteiger partial charge in [0.1, 0.15) is 0 Å². The van der Waals surface area contributed by atoms with Crippen molar-refractivity contribution in [2.75, 3.05) is 0 Å². The first-order valence-corrected chi connectivity index (χ1v) is 8.04. The van der Waals surface area contributed by atoms with Gasteiger partial charge in [0.05, 0.1) is 0 Å². The van der Waals surface area contributed by atoms with Crippen LogP contribution in [0, 0.1) is 11.6 Å². The summed E-state index contributed by atoms with van der Waals surface area (Å²) < 4.78 is 28.0. The molecule has 1 heterocycles. The molecule has 0 amide bonds. The standard InChI is InChI=1S/C16H9ClF2Se/c17-14-9-15(10-1-5-12(18)6-2-10)20-16(14)11-3-7-13(19)8-4-11/h1-9H. The Morgan fingerprint density at radius 2 is 1.25 bits per heavy atom. The van der Waals surface area contributed by atoms with E-state index in [1.165, 1.54) is 24.3 Å². The molecule has 0 bridgehead atoms. The molecule has 4 heteroatoms. The van der Waals surface area contributed by atoms with Crippen molar-refractivity contribution in [2.24, 2.45) is 0 Å². The maximum atomic E-state index is 13.0. The molecule has 0 unspecified atom stereocenters. The molecule has 0 fully saturated rings. The second-order valence-electron chi connectivity index (χ2n) is 4.30. The van der Waals surface area contributed by atoms with Gasteiger partial charge in [-0.05, 0) is 0 Å². The molecule has 3 aromatic rings. The van der Waals surface area contributed by atoms with Crippen molar-refractivity contribution in [3.8, 4) is 20.0 Å². The molecule has 0 nitrogen and oxygen atoms in total. The molecule has 3 rings (SSSR count). The molecule has 1 aromatic heterocycles. The first-order valence-electron chi connectivity index (χ1n) is 5.95. The van der Waals surface area contributed by atoms with Gasteiger partial charge >= 0.3 is 126 Å². The van der Waals surface area contributed by atoms with E-state index in [1.54, 1.807) is 24.3 Å². The van der Waals surface area contributed by atoms with Crippen LogP contribution in [0.2, 0.25) is 5.02 Å². The van der Waals surface area contributed by atoms with Crippen molar-refractivity contribution in [1.29, 1.82) is 0 Å². The van der Waals surface area contributed by atoms with E-state index in [4.69, 9.17) is 11.6 Å². The Kier molecular flexibility index (Phi) is 3.75. The zero-order valence-corrected chi connectivity index (χ0v) is 12.7. The van der Waals surface area contributed by atoms with Crippen molar-refractivity contribution in [1.82, 2.24) is 0 Å². The van der Waals surface area contributed by atoms with Crippen LogP contribution in [0.4, 0.5) is 8.78 Å². The van der Waals surface area contributed by atoms with E-state index >= 15 is 0 Å². The summed E-state index contributed by atoms with van der Waals surface area (Å²) in [7, 11) is 0. The molecule has 0 saturated carbocycles. The van der Waals surface area contributed by atoms with Gasteiger partial charge in [-0.15, -0.1) is 0 Å². The van der Waals surface area contributed by atoms with Gasteiger partial charge in [-0.3, -0.25) is 0 Å². The monoisotopic (exact) mass is 354 g/mol. The predicted octanol–water partition coefficient (Wildman–Crippen LogP) is 5.01. The van der Waals surface area contributed by atoms with Crippen LogP contribution in [0.5, 0.6) is 0 Å². The molecule has 0 radical (unpaired) electrons. The van der Waals surface area contributed by atoms with E-state index < -0.39 is 0 Å². The van der Waals surface area contributed by atoms with Crippen LogP contribution in [-0.2, 0) is 0 Å². The molecular weight excluding hydrogens is 345 g/mol. The Morgan fingerprint density at radius 3 is 1.80 bits per heavy atom. The van der Waals surface area contributed by atoms with Gasteiger partial charge in [0.15, 0.2) is 0 Å². The third kappa shape index (κ3) is 2.71. The van der Waals surface area contributed by atoms with Crippen molar-refractivity contribution >= 4 is 26.1 Å². The van der Waals surface area contributed by atoms with Gasteiger partial charge in [-0.25, -0.2) is 0 Å². The third-order valence-corrected chi connectivity index (χ3v) is 6.06. The van der Waals surface area contributed by atoms with Crippen LogP contribution < -0.4 is 0 Å². The van der Waals surface area contributed by atoms with Crippen LogP contribution in [0.3, 0.4) is 0 Å². The number of hydrogen-bond donors (Lipinski definition) is 0. The average molecular weight is 354 g/mol. The first kappa shape index (κ1) is 13.6. The van der Waals surface area contributed by atoms with Gasteiger partial charge < -0.3 is 0 Å². The summed E-state index contributed by atoms with van der Waals surface area (Å²) in [5.41, 5.74) is 1.91. The first-order chi connectivity index (χ1) is 9.63. The molecular formula is C16H9ClF2Se. The van der Waals surface area contributed by atoms with Crippen molar-refractivity contribution in [3.05, 3.63) is 71.3 Å². The molecule has 0 spiro atoms. The molecule has 0 N–H and O–H groups in total. The third-order valence-electron chi connectivity index (χ3n) is 2.92. The predicted molar refractivity (Wildman–Crippen MR) is 79.2 cm³/mol. The summed E-state index contributed by atoms with van der Waals surface area (Å²) in [5, 5.41) is 0.677. The quantitative estimate of drug-likeness (QED) is 0.568. The summed E-state index contributed by atoms with van der Waals surface area (Å²) in [6, 6.07) is 14.6. The van der Waals surface area contributed by atoms with E-state index in [2.05, 4.69) is 0 Å². The Hall–Kier alpha value is -1.41. The van der Waals surface area contributed by atoms with E-state index in [0.717, 1.165) is 20.0 Å². The van der Waals surface area contributed by atoms with Gasteiger partial charge in [0.25, 0.3) is 0 Å². The number of benzene rings is 2. The fourth-order valence-electron chi connectivity index (χ4n) is 1.92. The summed E-state index contributed by atoms with van der Waals surface area (Å²) in [6.07, 6.45) is 0. The van der Waals surface area contributed by atoms with E-state index in [-0.39, 0.29) is 26.1 Å². The zero-order chi connectivity index (χ0) is 14.1. The van der Waals surface area contributed by atoms with E-state index in [1.807, 2.05) is 6.07 Å². The molecule has 2 aromatic carbocycles. The van der Waals surface area contributed by atoms with Crippen molar-refractivity contribution in [3.63, 3.8) is 0 Å². The number of rotatable bonds is 2. The minimum absolute atomic E-state index is 0.0345. The molecule has 0 aliphatic rings. The van der Waals surface area contributed by atoms with Crippen LogP contribution in [-0.4, -0.2) is 14.5 Å². The van der Waals surface area contributed by atoms with Gasteiger partial charge in [-0.1, -0.05) is 0 Å². The van der Waals surface area contributed by atoms with Crippen molar-refractivity contribution < 1.29 is 8.78 Å². The molecule has 20 heavy (non-hydrogen) atoms. The topological polar surface area (TPSA) is 0 Å². The Morgan fingerprint density at radius 1 is 0.750 bits per heavy atom. The second kappa shape index (κ2) is 5.53. The van der Waals surface area contributed by atoms with Crippen molar-refractivity contribution in [2.45, 2.75) is 0 Å². The van der Waals surface area contributed by atoms with Gasteiger partial charge in [0.2, 0.25) is 0 Å². The van der Waals surface area contributed by atoms with Crippen LogP contribution in [0.25, 0.3) is 20.0 Å². The summed E-state index contributed by atoms with van der Waals surface area (Å²) >= 11 is 6.31. The average Bonchev–Trinajstić information content (AvgIpc) is 2.82. The van der Waals surface area contributed by atoms with Crippen LogP contribution in [0.1, 0.15) is 0 Å². The fraction of sp³-hybridized carbons (Fsp3) is 0. The van der Waals surface area contributed by atoms with Gasteiger partial charge in [0, 0.05) is 0 Å². The molecule has 0 atom stereocenters. The summed E-state index contributed by atoms with van der Waals surface area (Å²) in [6.45, 7) is 0. The summed E-state index contributed by atoms with van der Waals surface area (Å²) in [4.78, 5) is 0. The zero-order valence-electron chi connectivity index (χ0n) is 10.2. The number of halogens is 3. The Labute approximate surface area is 126 Å². The molecule has 0 aliphatic heterocycles.